The average molecular weight is 341 g/mol. The topological polar surface area (TPSA) is 84.7 Å². The predicted molar refractivity (Wildman–Crippen MR) is 95.4 cm³/mol. The number of ether oxygens (including phenoxy) is 1. The molecule has 3 N–H and O–H groups in total. The van der Waals surface area contributed by atoms with Gasteiger partial charge in [-0.05, 0) is 38.5 Å². The van der Waals surface area contributed by atoms with Gasteiger partial charge >= 0.3 is 0 Å². The number of nitrogens with one attached hydrogen (secondary N) is 1. The monoisotopic (exact) mass is 341 g/mol. The molecule has 140 valence electrons. The molecule has 1 aliphatic rings. The molecular weight excluding hydrogens is 306 g/mol. The first-order valence-corrected chi connectivity index (χ1v) is 9.06. The first-order chi connectivity index (χ1) is 11.1. The van der Waals surface area contributed by atoms with Crippen LogP contribution in [0.1, 0.15) is 53.9 Å². The van der Waals surface area contributed by atoms with Gasteiger partial charge < -0.3 is 20.7 Å². The van der Waals surface area contributed by atoms with E-state index in [9.17, 15) is 9.59 Å². The van der Waals surface area contributed by atoms with E-state index in [1.165, 1.54) is 0 Å². The number of hydrogen-bond donors (Lipinski definition) is 2. The third kappa shape index (κ3) is 6.77. The summed E-state index contributed by atoms with van der Waals surface area (Å²) in [6.45, 7) is 12.4. The Hall–Kier alpha value is -1.14. The predicted octanol–water partition coefficient (Wildman–Crippen LogP) is 1.53. The Labute approximate surface area is 146 Å². The van der Waals surface area contributed by atoms with Crippen molar-refractivity contribution in [2.24, 2.45) is 17.1 Å². The van der Waals surface area contributed by atoms with Crippen LogP contribution in [0.2, 0.25) is 0 Å². The van der Waals surface area contributed by atoms with Crippen LogP contribution in [0.5, 0.6) is 0 Å². The Morgan fingerprint density at radius 1 is 1.25 bits per heavy atom. The van der Waals surface area contributed by atoms with Gasteiger partial charge in [0.05, 0.1) is 12.1 Å². The van der Waals surface area contributed by atoms with Crippen LogP contribution in [0.15, 0.2) is 0 Å². The number of rotatable bonds is 7. The smallest absolute Gasteiger partial charge is 0.240 e. The van der Waals surface area contributed by atoms with Crippen LogP contribution in [0, 0.1) is 11.3 Å². The van der Waals surface area contributed by atoms with E-state index in [0.717, 1.165) is 6.42 Å². The summed E-state index contributed by atoms with van der Waals surface area (Å²) in [7, 11) is 0. The van der Waals surface area contributed by atoms with Gasteiger partial charge in [0, 0.05) is 32.2 Å². The molecule has 1 saturated heterocycles. The van der Waals surface area contributed by atoms with Gasteiger partial charge in [-0.15, -0.1) is 0 Å². The van der Waals surface area contributed by atoms with Gasteiger partial charge in [0.15, 0.2) is 0 Å². The first kappa shape index (κ1) is 20.9. The number of carbonyl (C=O) groups is 2. The third-order valence-electron chi connectivity index (χ3n) is 4.45. The second-order valence-corrected chi connectivity index (χ2v) is 8.01. The van der Waals surface area contributed by atoms with Gasteiger partial charge in [-0.2, -0.15) is 0 Å². The Kier molecular flexibility index (Phi) is 8.16. The summed E-state index contributed by atoms with van der Waals surface area (Å²) in [5, 5.41) is 2.97. The lowest BCUT2D eigenvalue weighted by atomic mass is 9.86. The van der Waals surface area contributed by atoms with Crippen molar-refractivity contribution in [1.29, 1.82) is 0 Å². The molecule has 2 amide bonds. The number of nitrogens with zero attached hydrogens (tertiary/aromatic N) is 1. The maximum atomic E-state index is 12.4. The molecule has 0 unspecified atom stereocenters. The van der Waals surface area contributed by atoms with Crippen LogP contribution < -0.4 is 11.1 Å². The highest BCUT2D eigenvalue weighted by Crippen LogP contribution is 2.23. The van der Waals surface area contributed by atoms with E-state index < -0.39 is 6.04 Å². The Morgan fingerprint density at radius 2 is 1.83 bits per heavy atom. The molecule has 24 heavy (non-hydrogen) atoms. The Bertz CT molecular complexity index is 410. The number of piperidine rings is 1. The molecule has 0 aliphatic carbocycles. The number of carbonyl (C=O) groups excluding carboxylic acids is 2. The van der Waals surface area contributed by atoms with E-state index in [2.05, 4.69) is 5.32 Å². The lowest BCUT2D eigenvalue weighted by Gasteiger charge is -2.36. The number of amides is 2. The SMILES string of the molecule is CC(C)OCCCNC(=O)C1CCN(C(=O)[C@@H](N)C(C)(C)C)CC1. The van der Waals surface area contributed by atoms with E-state index in [1.54, 1.807) is 4.90 Å². The maximum absolute atomic E-state index is 12.4. The molecule has 0 bridgehead atoms. The third-order valence-corrected chi connectivity index (χ3v) is 4.45. The van der Waals surface area contributed by atoms with Crippen LogP contribution in [-0.4, -0.2) is 55.1 Å². The van der Waals surface area contributed by atoms with Crippen molar-refractivity contribution in [2.75, 3.05) is 26.2 Å². The van der Waals surface area contributed by atoms with E-state index in [0.29, 0.717) is 39.1 Å². The van der Waals surface area contributed by atoms with Gasteiger partial charge in [0.25, 0.3) is 0 Å². The molecule has 0 aromatic heterocycles. The minimum atomic E-state index is -0.496. The highest BCUT2D eigenvalue weighted by atomic mass is 16.5. The van der Waals surface area contributed by atoms with E-state index in [4.69, 9.17) is 10.5 Å². The fraction of sp³-hybridized carbons (Fsp3) is 0.889. The van der Waals surface area contributed by atoms with E-state index in [-0.39, 0.29) is 29.3 Å². The summed E-state index contributed by atoms with van der Waals surface area (Å²) in [6.07, 6.45) is 2.46. The molecule has 1 heterocycles. The molecular formula is C18H35N3O3. The van der Waals surface area contributed by atoms with Crippen molar-refractivity contribution in [2.45, 2.75) is 66.0 Å². The van der Waals surface area contributed by atoms with Crippen molar-refractivity contribution < 1.29 is 14.3 Å². The largest absolute Gasteiger partial charge is 0.379 e. The van der Waals surface area contributed by atoms with E-state index in [1.807, 2.05) is 34.6 Å². The lowest BCUT2D eigenvalue weighted by molar-refractivity contribution is -0.138. The van der Waals surface area contributed by atoms with Crippen LogP contribution >= 0.6 is 0 Å². The maximum Gasteiger partial charge on any atom is 0.240 e. The summed E-state index contributed by atoms with van der Waals surface area (Å²) in [5.74, 6) is 0.0740. The highest BCUT2D eigenvalue weighted by Gasteiger charge is 2.34. The van der Waals surface area contributed by atoms with Crippen molar-refractivity contribution in [3.63, 3.8) is 0 Å². The fourth-order valence-corrected chi connectivity index (χ4v) is 2.68. The number of likely N-dealkylation sites (tertiary alicyclic amines) is 1. The molecule has 1 fully saturated rings. The van der Waals surface area contributed by atoms with Crippen molar-refractivity contribution in [1.82, 2.24) is 10.2 Å². The number of nitrogens with two attached hydrogens (primary N) is 1. The van der Waals surface area contributed by atoms with Crippen LogP contribution in [0.3, 0.4) is 0 Å². The average Bonchev–Trinajstić information content (AvgIpc) is 2.52. The summed E-state index contributed by atoms with van der Waals surface area (Å²) in [4.78, 5) is 26.4. The first-order valence-electron chi connectivity index (χ1n) is 9.06. The lowest BCUT2D eigenvalue weighted by Crippen LogP contribution is -2.53. The molecule has 1 rings (SSSR count). The quantitative estimate of drug-likeness (QED) is 0.688. The molecule has 0 aromatic rings. The van der Waals surface area contributed by atoms with Crippen LogP contribution in [-0.2, 0) is 14.3 Å². The molecule has 0 radical (unpaired) electrons. The van der Waals surface area contributed by atoms with Gasteiger partial charge in [0.1, 0.15) is 0 Å². The van der Waals surface area contributed by atoms with Crippen LogP contribution in [0.25, 0.3) is 0 Å². The van der Waals surface area contributed by atoms with Gasteiger partial charge in [0.2, 0.25) is 11.8 Å². The minimum absolute atomic E-state index is 0.00723. The van der Waals surface area contributed by atoms with Crippen molar-refractivity contribution >= 4 is 11.8 Å². The standard InChI is InChI=1S/C18H35N3O3/c1-13(2)24-12-6-9-20-16(22)14-7-10-21(11-8-14)17(23)15(19)18(3,4)5/h13-15H,6-12,19H2,1-5H3,(H,20,22)/t15-/m1/s1. The fourth-order valence-electron chi connectivity index (χ4n) is 2.68. The normalized spacial score (nSPS) is 17.9. The molecule has 1 aliphatic heterocycles. The molecule has 6 heteroatoms. The van der Waals surface area contributed by atoms with Gasteiger partial charge in [-0.25, -0.2) is 0 Å². The molecule has 0 saturated carbocycles. The second kappa shape index (κ2) is 9.37. The van der Waals surface area contributed by atoms with E-state index >= 15 is 0 Å². The Morgan fingerprint density at radius 3 is 2.33 bits per heavy atom. The molecule has 1 atom stereocenters. The van der Waals surface area contributed by atoms with Crippen molar-refractivity contribution in [3.8, 4) is 0 Å². The molecule has 0 aromatic carbocycles. The zero-order valence-corrected chi connectivity index (χ0v) is 15.9. The summed E-state index contributed by atoms with van der Waals surface area (Å²) in [5.41, 5.74) is 5.81. The highest BCUT2D eigenvalue weighted by molar-refractivity contribution is 5.83. The van der Waals surface area contributed by atoms with Gasteiger partial charge in [-0.3, -0.25) is 9.59 Å². The molecule has 0 spiro atoms. The summed E-state index contributed by atoms with van der Waals surface area (Å²) < 4.78 is 5.45. The van der Waals surface area contributed by atoms with Crippen LogP contribution in [0.4, 0.5) is 0 Å². The summed E-state index contributed by atoms with van der Waals surface area (Å²) >= 11 is 0. The van der Waals surface area contributed by atoms with Gasteiger partial charge in [-0.1, -0.05) is 20.8 Å². The molecule has 6 nitrogen and oxygen atoms in total. The zero-order chi connectivity index (χ0) is 18.3. The number of hydrogen-bond acceptors (Lipinski definition) is 4. The summed E-state index contributed by atoms with van der Waals surface area (Å²) in [6, 6.07) is -0.496. The zero-order valence-electron chi connectivity index (χ0n) is 15.9. The Balaban J connectivity index is 2.29. The van der Waals surface area contributed by atoms with Crippen molar-refractivity contribution in [3.05, 3.63) is 0 Å². The second-order valence-electron chi connectivity index (χ2n) is 8.01. The minimum Gasteiger partial charge on any atom is -0.379 e.